The quantitative estimate of drug-likeness (QED) is 0.0347. The van der Waals surface area contributed by atoms with Crippen LogP contribution < -0.4 is 10.2 Å². The zero-order chi connectivity index (χ0) is 58.3. The summed E-state index contributed by atoms with van der Waals surface area (Å²) in [6.07, 6.45) is 11.1. The van der Waals surface area contributed by atoms with Crippen LogP contribution >= 0.6 is 34.7 Å². The van der Waals surface area contributed by atoms with Gasteiger partial charge in [0, 0.05) is 94.3 Å². The van der Waals surface area contributed by atoms with Gasteiger partial charge in [0.15, 0.2) is 10.1 Å². The molecule has 20 nitrogen and oxygen atoms in total. The number of nitrogens with one attached hydrogen (secondary N) is 2. The number of hydrogen-bond acceptors (Lipinski definition) is 17. The molecule has 0 aliphatic carbocycles. The molecule has 6 heterocycles. The van der Waals surface area contributed by atoms with Crippen molar-refractivity contribution in [2.45, 2.75) is 107 Å². The molecule has 6 aromatic rings. The van der Waals surface area contributed by atoms with Gasteiger partial charge in [-0.2, -0.15) is 0 Å². The molecule has 2 atom stereocenters. The van der Waals surface area contributed by atoms with Crippen LogP contribution in [0.25, 0.3) is 16.7 Å². The van der Waals surface area contributed by atoms with Gasteiger partial charge in [-0.05, 0) is 118 Å². The number of alkyl carbamates (subject to hydrolysis) is 1. The smallest absolute Gasteiger partial charge is 0.408 e. The number of amides is 3. The monoisotopic (exact) mass is 1180 g/mol. The molecular formula is C59H79ClN12O8S2. The van der Waals surface area contributed by atoms with E-state index in [-0.39, 0.29) is 35.4 Å². The van der Waals surface area contributed by atoms with E-state index in [9.17, 15) is 19.2 Å². The first kappa shape index (κ1) is 62.0. The number of carbonyl (C=O) groups is 4. The third-order valence-corrected chi connectivity index (χ3v) is 18.1. The molecule has 2 fully saturated rings. The highest BCUT2D eigenvalue weighted by Gasteiger charge is 2.44. The summed E-state index contributed by atoms with van der Waals surface area (Å²) >= 11 is 9.25. The van der Waals surface area contributed by atoms with Crippen molar-refractivity contribution < 1.29 is 38.1 Å². The van der Waals surface area contributed by atoms with E-state index in [0.717, 1.165) is 64.2 Å². The molecule has 2 N–H and O–H groups in total. The maximum Gasteiger partial charge on any atom is 0.408 e. The molecule has 82 heavy (non-hydrogen) atoms. The van der Waals surface area contributed by atoms with Gasteiger partial charge < -0.3 is 48.5 Å². The first-order chi connectivity index (χ1) is 39.4. The fraction of sp³-hybridized carbons (Fsp3) is 0.542. The minimum absolute atomic E-state index is 0.00135. The molecule has 3 amide bonds. The number of thioether (sulfide) groups is 1. The van der Waals surface area contributed by atoms with Gasteiger partial charge in [-0.25, -0.2) is 19.7 Å². The average Bonchev–Trinajstić information content (AvgIpc) is 4.15. The molecule has 8 rings (SSSR count). The summed E-state index contributed by atoms with van der Waals surface area (Å²) < 4.78 is 25.6. The second-order valence-electron chi connectivity index (χ2n) is 22.4. The van der Waals surface area contributed by atoms with Crippen molar-refractivity contribution in [3.05, 3.63) is 106 Å². The number of ketones is 1. The zero-order valence-corrected chi connectivity index (χ0v) is 50.8. The number of carbonyl (C=O) groups excluding carboxylic acids is 4. The predicted molar refractivity (Wildman–Crippen MR) is 319 cm³/mol. The first-order valence-corrected chi connectivity index (χ1v) is 30.4. The second kappa shape index (κ2) is 29.0. The molecule has 2 saturated heterocycles. The lowest BCUT2D eigenvalue weighted by atomic mass is 9.68. The van der Waals surface area contributed by atoms with Gasteiger partial charge in [0.05, 0.1) is 57.8 Å². The number of halogens is 1. The van der Waals surface area contributed by atoms with Gasteiger partial charge in [-0.1, -0.05) is 66.7 Å². The zero-order valence-electron chi connectivity index (χ0n) is 48.4. The van der Waals surface area contributed by atoms with E-state index in [1.165, 1.54) is 22.5 Å². The van der Waals surface area contributed by atoms with Crippen LogP contribution in [0.5, 0.6) is 0 Å². The lowest BCUT2D eigenvalue weighted by Gasteiger charge is -2.43. The normalized spacial score (nSPS) is 16.0. The van der Waals surface area contributed by atoms with Crippen molar-refractivity contribution in [1.29, 1.82) is 0 Å². The summed E-state index contributed by atoms with van der Waals surface area (Å²) in [5.41, 5.74) is 3.19. The van der Waals surface area contributed by atoms with Gasteiger partial charge >= 0.3 is 6.09 Å². The summed E-state index contributed by atoms with van der Waals surface area (Å²) in [5.74, 6) is 1.48. The maximum atomic E-state index is 14.6. The van der Waals surface area contributed by atoms with Crippen molar-refractivity contribution in [3.8, 4) is 5.69 Å². The number of aromatic nitrogens is 7. The van der Waals surface area contributed by atoms with Crippen molar-refractivity contribution in [2.24, 2.45) is 5.92 Å². The van der Waals surface area contributed by atoms with Gasteiger partial charge in [0.1, 0.15) is 28.9 Å². The highest BCUT2D eigenvalue weighted by atomic mass is 35.5. The average molecular weight is 1180 g/mol. The van der Waals surface area contributed by atoms with Gasteiger partial charge in [-0.15, -0.1) is 10.2 Å². The number of aromatic amines is 1. The van der Waals surface area contributed by atoms with E-state index < -0.39 is 17.2 Å². The van der Waals surface area contributed by atoms with Crippen molar-refractivity contribution in [3.63, 3.8) is 0 Å². The molecule has 0 spiro atoms. The SMILES string of the molecule is Cc1cc(-n2ccnc2)ccc1CSc1nnc(C(=O)N(C)CCOCCOCCOCCC(=O)N2CCN(CC[C@](C)(c3ccc(Cl)cc3)C(C)CCC(=O)C3(NC(=O)OC(C)(C)C)CCN(c4ncnc5[nH]ccc45)CC3)CC2)s1. The number of piperazine rings is 1. The second-order valence-corrected chi connectivity index (χ2v) is 25.1. The fourth-order valence-electron chi connectivity index (χ4n) is 10.4. The maximum absolute atomic E-state index is 14.6. The molecule has 0 saturated carbocycles. The molecule has 0 radical (unpaired) electrons. The number of Topliss-reactive ketones (excluding diaryl/α,β-unsaturated/α-hetero) is 1. The van der Waals surface area contributed by atoms with Crippen molar-refractivity contribution in [2.75, 3.05) is 104 Å². The fourth-order valence-corrected chi connectivity index (χ4v) is 12.5. The highest BCUT2D eigenvalue weighted by Crippen LogP contribution is 2.40. The Morgan fingerprint density at radius 2 is 1.61 bits per heavy atom. The van der Waals surface area contributed by atoms with Crippen LogP contribution in [0.3, 0.4) is 0 Å². The van der Waals surface area contributed by atoms with Crippen LogP contribution in [-0.4, -0.2) is 183 Å². The summed E-state index contributed by atoms with van der Waals surface area (Å²) in [7, 11) is 1.72. The predicted octanol–water partition coefficient (Wildman–Crippen LogP) is 8.80. The van der Waals surface area contributed by atoms with E-state index in [1.54, 1.807) is 42.6 Å². The summed E-state index contributed by atoms with van der Waals surface area (Å²) in [6.45, 7) is 19.2. The number of ether oxygens (including phenoxy) is 4. The Morgan fingerprint density at radius 1 is 0.890 bits per heavy atom. The van der Waals surface area contributed by atoms with Crippen LogP contribution in [0.4, 0.5) is 10.6 Å². The molecule has 23 heteroatoms. The molecule has 2 aliphatic heterocycles. The minimum Gasteiger partial charge on any atom is -0.444 e. The van der Waals surface area contributed by atoms with Crippen LogP contribution in [0, 0.1) is 12.8 Å². The van der Waals surface area contributed by atoms with Crippen molar-refractivity contribution >= 4 is 75.2 Å². The van der Waals surface area contributed by atoms with E-state index in [1.807, 2.05) is 60.8 Å². The number of aryl methyl sites for hydroxylation is 1. The standard InChI is InChI=1S/C59H79ClN12O8S2/c1-42-38-47(72-26-22-61-41-72)14-9-44(42)39-81-56-67-66-53(82-56)54(75)68(7)31-33-78-35-37-79-36-34-77-32-17-50(74)70-29-27-69(28-30-70)23-18-58(6,45-10-12-46(60)13-11-45)43(2)8-15-49(73)59(65-55(76)80-57(3,4)5)19-24-71(25-20-59)52-48-16-21-62-51(48)63-40-64-52/h9-14,16,21-22,26,38,40-41,43H,8,15,17-20,23-25,27-37,39H2,1-7H3,(H,65,76)(H,62,63,64)/t43?,58-/m0/s1. The van der Waals surface area contributed by atoms with Gasteiger partial charge in [-0.3, -0.25) is 19.3 Å². The number of H-pyrrole nitrogens is 1. The first-order valence-electron chi connectivity index (χ1n) is 28.3. The number of imidazole rings is 1. The summed E-state index contributed by atoms with van der Waals surface area (Å²) in [4.78, 5) is 78.5. The highest BCUT2D eigenvalue weighted by molar-refractivity contribution is 8.00. The number of piperidine rings is 1. The van der Waals surface area contributed by atoms with Gasteiger partial charge in [0.2, 0.25) is 10.9 Å². The Balaban J connectivity index is 0.701. The molecule has 0 bridgehead atoms. The Bertz CT molecular complexity index is 3030. The molecule has 2 aliphatic rings. The minimum atomic E-state index is -1.09. The number of fused-ring (bicyclic) bond motifs is 1. The number of hydrogen-bond donors (Lipinski definition) is 2. The molecule has 2 aromatic carbocycles. The van der Waals surface area contributed by atoms with Crippen LogP contribution in [0.1, 0.15) is 99.6 Å². The van der Waals surface area contributed by atoms with Crippen LogP contribution in [0.15, 0.2) is 84.1 Å². The summed E-state index contributed by atoms with van der Waals surface area (Å²) in [6, 6.07) is 16.3. The Morgan fingerprint density at radius 3 is 2.30 bits per heavy atom. The number of benzene rings is 2. The van der Waals surface area contributed by atoms with E-state index in [0.29, 0.717) is 108 Å². The Hall–Kier alpha value is -6.01. The Kier molecular flexibility index (Phi) is 21.9. The van der Waals surface area contributed by atoms with Gasteiger partial charge in [0.25, 0.3) is 5.91 Å². The van der Waals surface area contributed by atoms with Crippen molar-refractivity contribution in [1.82, 2.24) is 54.7 Å². The largest absolute Gasteiger partial charge is 0.444 e. The number of anilines is 1. The third kappa shape index (κ3) is 16.8. The van der Waals surface area contributed by atoms with Crippen LogP contribution in [0.2, 0.25) is 5.02 Å². The number of nitrogens with zero attached hydrogens (tertiary/aromatic N) is 10. The molecule has 4 aromatic heterocycles. The number of likely N-dealkylation sites (N-methyl/N-ethyl adjacent to an activating group) is 1. The van der Waals surface area contributed by atoms with E-state index in [4.69, 9.17) is 30.5 Å². The topological polar surface area (TPSA) is 215 Å². The summed E-state index contributed by atoms with van der Waals surface area (Å²) in [5, 5.41) is 13.4. The Labute approximate surface area is 494 Å². The lowest BCUT2D eigenvalue weighted by Crippen LogP contribution is -2.61. The molecule has 442 valence electrons. The molecular weight excluding hydrogens is 1100 g/mol. The number of rotatable bonds is 28. The molecule has 1 unspecified atom stereocenters. The van der Waals surface area contributed by atoms with Crippen LogP contribution in [-0.2, 0) is 39.7 Å². The third-order valence-electron chi connectivity index (χ3n) is 15.8. The van der Waals surface area contributed by atoms with E-state index >= 15 is 0 Å². The lowest BCUT2D eigenvalue weighted by molar-refractivity contribution is -0.134. The van der Waals surface area contributed by atoms with E-state index in [2.05, 4.69) is 96.4 Å².